The maximum atomic E-state index is 9.53. The van der Waals surface area contributed by atoms with Crippen LogP contribution in [0.15, 0.2) is 0 Å². The molecule has 1 fully saturated rings. The molecule has 3 unspecified atom stereocenters. The Hall–Kier alpha value is -0.200. The fourth-order valence-electron chi connectivity index (χ4n) is 1.49. The molecule has 78 valence electrons. The van der Waals surface area contributed by atoms with Gasteiger partial charge >= 0.3 is 0 Å². The molecule has 0 aromatic carbocycles. The van der Waals surface area contributed by atoms with Crippen molar-refractivity contribution in [3.05, 3.63) is 0 Å². The summed E-state index contributed by atoms with van der Waals surface area (Å²) >= 11 is 0. The normalized spacial score (nSPS) is 46.4. The Morgan fingerprint density at radius 3 is 2.38 bits per heavy atom. The maximum Gasteiger partial charge on any atom is 0.162 e. The third-order valence-electron chi connectivity index (χ3n) is 2.42. The molecule has 5 heteroatoms. The molecule has 0 aromatic rings. The van der Waals surface area contributed by atoms with Crippen LogP contribution >= 0.6 is 0 Å². The lowest BCUT2D eigenvalue weighted by Gasteiger charge is -2.40. The van der Waals surface area contributed by atoms with E-state index in [1.807, 2.05) is 0 Å². The number of hydrogen-bond donors (Lipinski definition) is 3. The molecule has 5 nitrogen and oxygen atoms in total. The van der Waals surface area contributed by atoms with Crippen molar-refractivity contribution in [2.45, 2.75) is 31.5 Å². The smallest absolute Gasteiger partial charge is 0.162 e. The van der Waals surface area contributed by atoms with Gasteiger partial charge in [0.15, 0.2) is 6.29 Å². The third kappa shape index (κ3) is 2.00. The van der Waals surface area contributed by atoms with Crippen LogP contribution in [0, 0.1) is 5.92 Å². The number of aliphatic hydroxyl groups excluding tert-OH is 3. The molecule has 0 aromatic heterocycles. The Balaban J connectivity index is 2.66. The highest BCUT2D eigenvalue weighted by Crippen LogP contribution is 2.25. The largest absolute Gasteiger partial charge is 0.394 e. The molecule has 1 aliphatic heterocycles. The van der Waals surface area contributed by atoms with Crippen molar-refractivity contribution in [3.8, 4) is 0 Å². The molecule has 1 saturated heterocycles. The van der Waals surface area contributed by atoms with Gasteiger partial charge in [-0.3, -0.25) is 0 Å². The standard InChI is InChI=1S/C8H16O5/c1-4-6(10)7(11)5(3-9)13-8(4)12-2/h4-11H,3H2,1-2H3/t4?,5?,6?,7-,8-/m1/s1. The molecule has 0 aliphatic carbocycles. The number of methoxy groups -OCH3 is 1. The number of ether oxygens (including phenoxy) is 2. The minimum absolute atomic E-state index is 0.303. The Labute approximate surface area is 76.9 Å². The van der Waals surface area contributed by atoms with Crippen molar-refractivity contribution < 1.29 is 24.8 Å². The van der Waals surface area contributed by atoms with Crippen LogP contribution in [-0.4, -0.2) is 53.6 Å². The first-order valence-corrected chi connectivity index (χ1v) is 4.27. The van der Waals surface area contributed by atoms with Crippen LogP contribution in [0.3, 0.4) is 0 Å². The first-order valence-electron chi connectivity index (χ1n) is 4.27. The number of hydrogen-bond acceptors (Lipinski definition) is 5. The summed E-state index contributed by atoms with van der Waals surface area (Å²) in [5, 5.41) is 27.8. The van der Waals surface area contributed by atoms with Crippen molar-refractivity contribution in [3.63, 3.8) is 0 Å². The maximum absolute atomic E-state index is 9.53. The van der Waals surface area contributed by atoms with Gasteiger partial charge in [0.05, 0.1) is 12.7 Å². The summed E-state index contributed by atoms with van der Waals surface area (Å²) in [6.07, 6.45) is -3.31. The Kier molecular flexibility index (Phi) is 3.63. The molecule has 1 heterocycles. The predicted octanol–water partition coefficient (Wildman–Crippen LogP) is -1.29. The predicted molar refractivity (Wildman–Crippen MR) is 43.9 cm³/mol. The van der Waals surface area contributed by atoms with E-state index in [1.54, 1.807) is 6.92 Å². The van der Waals surface area contributed by atoms with Crippen LogP contribution in [0.25, 0.3) is 0 Å². The van der Waals surface area contributed by atoms with Crippen LogP contribution in [0.5, 0.6) is 0 Å². The van der Waals surface area contributed by atoms with E-state index in [-0.39, 0.29) is 12.5 Å². The summed E-state index contributed by atoms with van der Waals surface area (Å²) in [4.78, 5) is 0. The molecule has 0 bridgehead atoms. The average Bonchev–Trinajstić information content (AvgIpc) is 2.15. The van der Waals surface area contributed by atoms with Crippen LogP contribution in [0.2, 0.25) is 0 Å². The van der Waals surface area contributed by atoms with Gasteiger partial charge < -0.3 is 24.8 Å². The molecule has 1 aliphatic rings. The average molecular weight is 192 g/mol. The summed E-state index contributed by atoms with van der Waals surface area (Å²) in [5.41, 5.74) is 0. The second kappa shape index (κ2) is 4.34. The van der Waals surface area contributed by atoms with E-state index >= 15 is 0 Å². The second-order valence-electron chi connectivity index (χ2n) is 3.30. The molecule has 0 spiro atoms. The quantitative estimate of drug-likeness (QED) is 0.507. The highest BCUT2D eigenvalue weighted by molar-refractivity contribution is 4.86. The van der Waals surface area contributed by atoms with E-state index < -0.39 is 24.6 Å². The van der Waals surface area contributed by atoms with Crippen LogP contribution in [0.1, 0.15) is 6.92 Å². The molecular weight excluding hydrogens is 176 g/mol. The highest BCUT2D eigenvalue weighted by atomic mass is 16.7. The monoisotopic (exact) mass is 192 g/mol. The van der Waals surface area contributed by atoms with E-state index in [2.05, 4.69) is 0 Å². The second-order valence-corrected chi connectivity index (χ2v) is 3.30. The van der Waals surface area contributed by atoms with E-state index in [0.717, 1.165) is 0 Å². The lowest BCUT2D eigenvalue weighted by Crippen LogP contribution is -2.55. The van der Waals surface area contributed by atoms with E-state index in [0.29, 0.717) is 0 Å². The summed E-state index contributed by atoms with van der Waals surface area (Å²) in [5.74, 6) is -0.303. The Morgan fingerprint density at radius 1 is 1.31 bits per heavy atom. The molecule has 0 amide bonds. The van der Waals surface area contributed by atoms with Gasteiger partial charge in [-0.15, -0.1) is 0 Å². The lowest BCUT2D eigenvalue weighted by molar-refractivity contribution is -0.274. The van der Waals surface area contributed by atoms with Gasteiger partial charge in [0.1, 0.15) is 12.2 Å². The van der Waals surface area contributed by atoms with Gasteiger partial charge in [-0.2, -0.15) is 0 Å². The fourth-order valence-corrected chi connectivity index (χ4v) is 1.49. The summed E-state index contributed by atoms with van der Waals surface area (Å²) in [6.45, 7) is 1.39. The summed E-state index contributed by atoms with van der Waals surface area (Å²) < 4.78 is 10.1. The molecule has 5 atom stereocenters. The lowest BCUT2D eigenvalue weighted by atomic mass is 9.93. The van der Waals surface area contributed by atoms with Gasteiger partial charge in [0.25, 0.3) is 0 Å². The first-order chi connectivity index (χ1) is 6.11. The zero-order valence-electron chi connectivity index (χ0n) is 7.75. The summed E-state index contributed by atoms with van der Waals surface area (Å²) in [7, 11) is 1.46. The minimum atomic E-state index is -1.05. The summed E-state index contributed by atoms with van der Waals surface area (Å²) in [6, 6.07) is 0. The zero-order chi connectivity index (χ0) is 10.0. The van der Waals surface area contributed by atoms with Crippen LogP contribution in [-0.2, 0) is 9.47 Å². The first kappa shape index (κ1) is 10.9. The molecule has 0 saturated carbocycles. The minimum Gasteiger partial charge on any atom is -0.394 e. The Morgan fingerprint density at radius 2 is 1.92 bits per heavy atom. The van der Waals surface area contributed by atoms with Gasteiger partial charge in [0.2, 0.25) is 0 Å². The van der Waals surface area contributed by atoms with Gasteiger partial charge in [0, 0.05) is 13.0 Å². The molecular formula is C8H16O5. The van der Waals surface area contributed by atoms with Gasteiger partial charge in [-0.05, 0) is 0 Å². The molecule has 13 heavy (non-hydrogen) atoms. The highest BCUT2D eigenvalue weighted by Gasteiger charge is 2.41. The van der Waals surface area contributed by atoms with Crippen molar-refractivity contribution in [2.24, 2.45) is 5.92 Å². The zero-order valence-corrected chi connectivity index (χ0v) is 7.75. The van der Waals surface area contributed by atoms with Crippen LogP contribution < -0.4 is 0 Å². The Bertz CT molecular complexity index is 143. The van der Waals surface area contributed by atoms with E-state index in [1.165, 1.54) is 7.11 Å². The number of rotatable bonds is 2. The van der Waals surface area contributed by atoms with Gasteiger partial charge in [-0.25, -0.2) is 0 Å². The molecule has 1 rings (SSSR count). The van der Waals surface area contributed by atoms with Crippen molar-refractivity contribution in [1.82, 2.24) is 0 Å². The number of aliphatic hydroxyl groups is 3. The van der Waals surface area contributed by atoms with Crippen molar-refractivity contribution in [2.75, 3.05) is 13.7 Å². The van der Waals surface area contributed by atoms with Gasteiger partial charge in [-0.1, -0.05) is 6.92 Å². The van der Waals surface area contributed by atoms with E-state index in [4.69, 9.17) is 14.6 Å². The molecule has 3 N–H and O–H groups in total. The van der Waals surface area contributed by atoms with Crippen molar-refractivity contribution in [1.29, 1.82) is 0 Å². The van der Waals surface area contributed by atoms with E-state index in [9.17, 15) is 10.2 Å². The van der Waals surface area contributed by atoms with Crippen molar-refractivity contribution >= 4 is 0 Å². The van der Waals surface area contributed by atoms with Crippen LogP contribution in [0.4, 0.5) is 0 Å². The molecule has 0 radical (unpaired) electrons. The third-order valence-corrected chi connectivity index (χ3v) is 2.42. The topological polar surface area (TPSA) is 79.2 Å². The SMILES string of the molecule is CO[C@@H]1OC(CO)[C@@H](O)C(O)C1C. The fraction of sp³-hybridized carbons (Fsp3) is 1.00.